The number of hydrogen-bond acceptors (Lipinski definition) is 5. The smallest absolute Gasteiger partial charge is 0.341 e. The highest BCUT2D eigenvalue weighted by Crippen LogP contribution is 2.41. The van der Waals surface area contributed by atoms with Gasteiger partial charge in [0.2, 0.25) is 5.43 Å². The molecule has 1 saturated heterocycles. The zero-order valence-electron chi connectivity index (χ0n) is 14.3. The maximum absolute atomic E-state index is 12.7. The topological polar surface area (TPSA) is 101 Å². The minimum absolute atomic E-state index is 0.134. The first-order valence-electron chi connectivity index (χ1n) is 9.04. The van der Waals surface area contributed by atoms with Crippen molar-refractivity contribution in [3.05, 3.63) is 39.8 Å². The summed E-state index contributed by atoms with van der Waals surface area (Å²) in [6, 6.07) is 0.717. The molecule has 26 heavy (non-hydrogen) atoms. The van der Waals surface area contributed by atoms with Crippen molar-refractivity contribution in [2.75, 3.05) is 11.4 Å². The van der Waals surface area contributed by atoms with Crippen molar-refractivity contribution < 1.29 is 9.90 Å². The molecule has 2 fully saturated rings. The highest BCUT2D eigenvalue weighted by atomic mass is 16.4. The number of anilines is 1. The monoisotopic (exact) mass is 352 g/mol. The fourth-order valence-electron chi connectivity index (χ4n) is 4.32. The molecule has 2 atom stereocenters. The summed E-state index contributed by atoms with van der Waals surface area (Å²) in [7, 11) is 0. The van der Waals surface area contributed by atoms with Crippen LogP contribution < -0.4 is 16.1 Å². The molecule has 1 saturated carbocycles. The summed E-state index contributed by atoms with van der Waals surface area (Å²) in [4.78, 5) is 30.9. The lowest BCUT2D eigenvalue weighted by Gasteiger charge is -2.26. The molecule has 7 nitrogen and oxygen atoms in total. The first-order valence-corrected chi connectivity index (χ1v) is 9.04. The molecule has 0 radical (unpaired) electrons. The van der Waals surface area contributed by atoms with Gasteiger partial charge in [0.1, 0.15) is 11.1 Å². The number of pyridine rings is 2. The van der Waals surface area contributed by atoms with E-state index in [1.807, 2.05) is 4.57 Å². The number of rotatable bonds is 2. The van der Waals surface area contributed by atoms with E-state index in [2.05, 4.69) is 22.0 Å². The van der Waals surface area contributed by atoms with Crippen LogP contribution in [0, 0.1) is 0 Å². The zero-order chi connectivity index (χ0) is 18.0. The van der Waals surface area contributed by atoms with Crippen LogP contribution in [0.3, 0.4) is 0 Å². The van der Waals surface area contributed by atoms with E-state index in [4.69, 9.17) is 5.73 Å². The van der Waals surface area contributed by atoms with Gasteiger partial charge in [-0.2, -0.15) is 0 Å². The van der Waals surface area contributed by atoms with E-state index in [0.717, 1.165) is 49.0 Å². The lowest BCUT2D eigenvalue weighted by atomic mass is 10.1. The minimum atomic E-state index is -1.20. The SMILES string of the molecule is NC1CC2CC=Cc3c(cnc4c(=O)c(C(=O)O)cn(C5CC5)c34)N2C1. The number of nitrogens with zero attached hydrogens (tertiary/aromatic N) is 3. The van der Waals surface area contributed by atoms with Crippen LogP contribution in [0.25, 0.3) is 17.1 Å². The van der Waals surface area contributed by atoms with E-state index in [1.165, 1.54) is 6.20 Å². The van der Waals surface area contributed by atoms with Gasteiger partial charge in [-0.3, -0.25) is 4.79 Å². The molecule has 5 rings (SSSR count). The number of aromatic nitrogens is 2. The Morgan fingerprint density at radius 2 is 2.12 bits per heavy atom. The molecule has 0 amide bonds. The van der Waals surface area contributed by atoms with Gasteiger partial charge in [0, 0.05) is 36.4 Å². The number of aromatic carboxylic acids is 1. The molecule has 134 valence electrons. The number of carbonyl (C=O) groups is 1. The number of hydrogen-bond donors (Lipinski definition) is 2. The molecule has 7 heteroatoms. The number of fused-ring (bicyclic) bond motifs is 5. The second kappa shape index (κ2) is 5.41. The molecule has 2 aromatic heterocycles. The molecule has 1 aliphatic carbocycles. The summed E-state index contributed by atoms with van der Waals surface area (Å²) >= 11 is 0. The van der Waals surface area contributed by atoms with E-state index in [0.29, 0.717) is 6.04 Å². The normalized spacial score (nSPS) is 24.4. The third-order valence-electron chi connectivity index (χ3n) is 5.68. The van der Waals surface area contributed by atoms with Crippen molar-refractivity contribution >= 4 is 28.8 Å². The largest absolute Gasteiger partial charge is 0.477 e. The van der Waals surface area contributed by atoms with Crippen LogP contribution in [-0.4, -0.2) is 39.3 Å². The van der Waals surface area contributed by atoms with Crippen LogP contribution in [0.5, 0.6) is 0 Å². The Morgan fingerprint density at radius 1 is 1.31 bits per heavy atom. The lowest BCUT2D eigenvalue weighted by Crippen LogP contribution is -2.31. The predicted molar refractivity (Wildman–Crippen MR) is 98.6 cm³/mol. The molecule has 0 spiro atoms. The average Bonchev–Trinajstić information content (AvgIpc) is 3.40. The summed E-state index contributed by atoms with van der Waals surface area (Å²) in [5.74, 6) is -1.20. The Kier molecular flexibility index (Phi) is 3.24. The summed E-state index contributed by atoms with van der Waals surface area (Å²) in [5.41, 5.74) is 8.37. The van der Waals surface area contributed by atoms with Crippen molar-refractivity contribution in [1.82, 2.24) is 9.55 Å². The molecule has 0 bridgehead atoms. The fraction of sp³-hybridized carbons (Fsp3) is 0.421. The molecule has 4 heterocycles. The Hall–Kier alpha value is -2.67. The summed E-state index contributed by atoms with van der Waals surface area (Å²) < 4.78 is 1.95. The van der Waals surface area contributed by atoms with Gasteiger partial charge in [-0.25, -0.2) is 9.78 Å². The van der Waals surface area contributed by atoms with Gasteiger partial charge in [-0.1, -0.05) is 12.2 Å². The Labute approximate surface area is 149 Å². The third kappa shape index (κ3) is 2.20. The predicted octanol–water partition coefficient (Wildman–Crippen LogP) is 1.75. The molecule has 3 N–H and O–H groups in total. The Bertz CT molecular complexity index is 1020. The Balaban J connectivity index is 1.83. The van der Waals surface area contributed by atoms with Crippen molar-refractivity contribution in [2.24, 2.45) is 5.73 Å². The second-order valence-corrected chi connectivity index (χ2v) is 7.51. The highest BCUT2D eigenvalue weighted by Gasteiger charge is 2.34. The van der Waals surface area contributed by atoms with Crippen LogP contribution in [0.15, 0.2) is 23.3 Å². The van der Waals surface area contributed by atoms with Crippen LogP contribution in [-0.2, 0) is 0 Å². The van der Waals surface area contributed by atoms with Gasteiger partial charge in [-0.05, 0) is 25.7 Å². The molecular formula is C19H20N4O3. The van der Waals surface area contributed by atoms with E-state index < -0.39 is 11.4 Å². The van der Waals surface area contributed by atoms with Gasteiger partial charge in [0.25, 0.3) is 0 Å². The van der Waals surface area contributed by atoms with E-state index in [-0.39, 0.29) is 23.2 Å². The van der Waals surface area contributed by atoms with Crippen molar-refractivity contribution in [3.63, 3.8) is 0 Å². The molecule has 0 aromatic carbocycles. The van der Waals surface area contributed by atoms with E-state index >= 15 is 0 Å². The third-order valence-corrected chi connectivity index (χ3v) is 5.68. The zero-order valence-corrected chi connectivity index (χ0v) is 14.3. The quantitative estimate of drug-likeness (QED) is 0.854. The molecule has 2 aliphatic heterocycles. The summed E-state index contributed by atoms with van der Waals surface area (Å²) in [6.45, 7) is 0.771. The average molecular weight is 352 g/mol. The van der Waals surface area contributed by atoms with Gasteiger partial charge < -0.3 is 20.3 Å². The first-order chi connectivity index (χ1) is 12.5. The molecule has 2 aromatic rings. The van der Waals surface area contributed by atoms with Crippen LogP contribution >= 0.6 is 0 Å². The fourth-order valence-corrected chi connectivity index (χ4v) is 4.32. The maximum atomic E-state index is 12.7. The molecule has 2 unspecified atom stereocenters. The van der Waals surface area contributed by atoms with Crippen molar-refractivity contribution in [2.45, 2.75) is 43.8 Å². The summed E-state index contributed by atoms with van der Waals surface area (Å²) in [6.07, 6.45) is 11.2. The standard InChI is InChI=1S/C19H20N4O3/c20-10-6-12-2-1-3-13-15(22(12)8-10)7-21-16-17(13)23(11-4-5-11)9-14(18(16)24)19(25)26/h1,3,7,9-12H,2,4-6,8,20H2,(H,25,26). The number of carboxylic acids is 1. The first kappa shape index (κ1) is 15.6. The van der Waals surface area contributed by atoms with Gasteiger partial charge in [-0.15, -0.1) is 0 Å². The van der Waals surface area contributed by atoms with Crippen LogP contribution in [0.4, 0.5) is 5.69 Å². The maximum Gasteiger partial charge on any atom is 0.341 e. The minimum Gasteiger partial charge on any atom is -0.477 e. The summed E-state index contributed by atoms with van der Waals surface area (Å²) in [5, 5.41) is 9.41. The molecule has 3 aliphatic rings. The lowest BCUT2D eigenvalue weighted by molar-refractivity contribution is 0.0695. The van der Waals surface area contributed by atoms with Crippen LogP contribution in [0.1, 0.15) is 47.6 Å². The van der Waals surface area contributed by atoms with Crippen molar-refractivity contribution in [3.8, 4) is 0 Å². The van der Waals surface area contributed by atoms with Gasteiger partial charge in [0.15, 0.2) is 0 Å². The molecular weight excluding hydrogens is 332 g/mol. The van der Waals surface area contributed by atoms with E-state index in [1.54, 1.807) is 6.20 Å². The van der Waals surface area contributed by atoms with Gasteiger partial charge in [0.05, 0.1) is 17.4 Å². The number of nitrogens with two attached hydrogens (primary N) is 1. The van der Waals surface area contributed by atoms with Gasteiger partial charge >= 0.3 is 5.97 Å². The highest BCUT2D eigenvalue weighted by molar-refractivity contribution is 5.96. The Morgan fingerprint density at radius 3 is 2.85 bits per heavy atom. The number of carboxylic acid groups (broad SMARTS) is 1. The van der Waals surface area contributed by atoms with E-state index in [9.17, 15) is 14.7 Å². The van der Waals surface area contributed by atoms with Crippen LogP contribution in [0.2, 0.25) is 0 Å². The second-order valence-electron chi connectivity index (χ2n) is 7.51. The van der Waals surface area contributed by atoms with Crippen molar-refractivity contribution in [1.29, 1.82) is 0 Å².